The molecule has 5 rings (SSSR count). The summed E-state index contributed by atoms with van der Waals surface area (Å²) in [7, 11) is 1.97. The molecule has 5 aromatic rings. The van der Waals surface area contributed by atoms with Gasteiger partial charge in [0.25, 0.3) is 0 Å². The molecule has 0 saturated carbocycles. The normalized spacial score (nSPS) is 11.7. The number of nitrogens with zero attached hydrogens (tertiary/aromatic N) is 5. The van der Waals surface area contributed by atoms with E-state index in [1.165, 1.54) is 0 Å². The molecule has 2 N–H and O–H groups in total. The van der Waals surface area contributed by atoms with Crippen molar-refractivity contribution in [3.05, 3.63) is 88.5 Å². The number of aromatic nitrogens is 5. The Labute approximate surface area is 219 Å². The van der Waals surface area contributed by atoms with Gasteiger partial charge in [-0.2, -0.15) is 9.61 Å². The van der Waals surface area contributed by atoms with Crippen molar-refractivity contribution < 1.29 is 9.90 Å². The minimum absolute atomic E-state index is 0.383. The van der Waals surface area contributed by atoms with Crippen LogP contribution in [0.4, 0.5) is 5.82 Å². The van der Waals surface area contributed by atoms with Gasteiger partial charge < -0.3 is 15.0 Å². The van der Waals surface area contributed by atoms with Crippen molar-refractivity contribution in [2.75, 3.05) is 5.32 Å². The monoisotopic (exact) mass is 514 g/mol. The molecule has 0 amide bonds. The van der Waals surface area contributed by atoms with E-state index in [1.54, 1.807) is 36.7 Å². The maximum Gasteiger partial charge on any atom is 0.165 e. The SMILES string of the molecule is Cc1nn2c(NCc3cccc(-c4nccn4C)c3)cc(C(C)(C)O)nc2c1-c1ccc(Cl)c(C=O)c1. The number of hydrogen-bond donors (Lipinski definition) is 2. The first-order chi connectivity index (χ1) is 17.7. The number of aldehydes is 1. The van der Waals surface area contributed by atoms with E-state index in [0.29, 0.717) is 34.3 Å². The third-order valence-electron chi connectivity index (χ3n) is 6.28. The van der Waals surface area contributed by atoms with E-state index in [4.69, 9.17) is 21.7 Å². The number of aryl methyl sites for hydroxylation is 2. The quantitative estimate of drug-likeness (QED) is 0.282. The fourth-order valence-electron chi connectivity index (χ4n) is 4.35. The van der Waals surface area contributed by atoms with Crippen molar-refractivity contribution in [1.82, 2.24) is 24.1 Å². The van der Waals surface area contributed by atoms with Crippen LogP contribution >= 0.6 is 11.6 Å². The van der Waals surface area contributed by atoms with E-state index < -0.39 is 5.60 Å². The largest absolute Gasteiger partial charge is 0.384 e. The van der Waals surface area contributed by atoms with Gasteiger partial charge in [0.1, 0.15) is 17.2 Å². The average molecular weight is 515 g/mol. The van der Waals surface area contributed by atoms with Gasteiger partial charge in [0, 0.05) is 48.7 Å². The van der Waals surface area contributed by atoms with E-state index in [-0.39, 0.29) is 0 Å². The summed E-state index contributed by atoms with van der Waals surface area (Å²) in [6.07, 6.45) is 4.43. The van der Waals surface area contributed by atoms with Gasteiger partial charge >= 0.3 is 0 Å². The van der Waals surface area contributed by atoms with Crippen molar-refractivity contribution in [2.45, 2.75) is 32.9 Å². The summed E-state index contributed by atoms with van der Waals surface area (Å²) < 4.78 is 3.72. The Hall–Kier alpha value is -4.01. The third-order valence-corrected chi connectivity index (χ3v) is 6.63. The summed E-state index contributed by atoms with van der Waals surface area (Å²) >= 11 is 6.16. The van der Waals surface area contributed by atoms with Gasteiger partial charge in [0.2, 0.25) is 0 Å². The molecule has 0 bridgehead atoms. The Balaban J connectivity index is 1.58. The predicted molar refractivity (Wildman–Crippen MR) is 145 cm³/mol. The summed E-state index contributed by atoms with van der Waals surface area (Å²) in [6, 6.07) is 15.3. The van der Waals surface area contributed by atoms with Crippen LogP contribution in [0, 0.1) is 6.92 Å². The first-order valence-electron chi connectivity index (χ1n) is 11.8. The van der Waals surface area contributed by atoms with Crippen molar-refractivity contribution in [3.8, 4) is 22.5 Å². The number of halogens is 1. The molecule has 37 heavy (non-hydrogen) atoms. The number of carbonyl (C=O) groups excluding carboxylic acids is 1. The van der Waals surface area contributed by atoms with Crippen molar-refractivity contribution >= 4 is 29.4 Å². The number of benzene rings is 2. The van der Waals surface area contributed by atoms with Crippen LogP contribution < -0.4 is 5.32 Å². The maximum atomic E-state index is 11.5. The minimum atomic E-state index is -1.18. The highest BCUT2D eigenvalue weighted by Gasteiger charge is 2.24. The predicted octanol–water partition coefficient (Wildman–Crippen LogP) is 5.41. The van der Waals surface area contributed by atoms with Crippen molar-refractivity contribution in [2.24, 2.45) is 7.05 Å². The van der Waals surface area contributed by atoms with Gasteiger partial charge in [0.15, 0.2) is 11.9 Å². The topological polar surface area (TPSA) is 97.3 Å². The van der Waals surface area contributed by atoms with E-state index in [0.717, 1.165) is 40.1 Å². The van der Waals surface area contributed by atoms with E-state index in [1.807, 2.05) is 55.1 Å². The lowest BCUT2D eigenvalue weighted by molar-refractivity contribution is 0.0740. The van der Waals surface area contributed by atoms with E-state index in [9.17, 15) is 9.90 Å². The summed E-state index contributed by atoms with van der Waals surface area (Å²) in [5.74, 6) is 1.57. The van der Waals surface area contributed by atoms with Crippen LogP contribution in [0.15, 0.2) is 60.9 Å². The Bertz CT molecular complexity index is 1630. The zero-order chi connectivity index (χ0) is 26.3. The Kier molecular flexibility index (Phi) is 6.31. The van der Waals surface area contributed by atoms with Crippen LogP contribution in [0.2, 0.25) is 5.02 Å². The molecule has 3 heterocycles. The number of imidazole rings is 1. The lowest BCUT2D eigenvalue weighted by Crippen LogP contribution is -2.19. The molecular weight excluding hydrogens is 488 g/mol. The molecule has 0 aliphatic carbocycles. The molecular formula is C28H27ClN6O2. The third kappa shape index (κ3) is 4.73. The molecule has 0 saturated heterocycles. The number of fused-ring (bicyclic) bond motifs is 1. The van der Waals surface area contributed by atoms with E-state index >= 15 is 0 Å². The summed E-state index contributed by atoms with van der Waals surface area (Å²) in [4.78, 5) is 20.7. The molecule has 0 fully saturated rings. The second-order valence-corrected chi connectivity index (χ2v) is 9.96. The molecule has 0 aliphatic rings. The number of aliphatic hydroxyl groups is 1. The maximum absolute atomic E-state index is 11.5. The van der Waals surface area contributed by atoms with Crippen LogP contribution in [-0.2, 0) is 19.2 Å². The lowest BCUT2D eigenvalue weighted by Gasteiger charge is -2.19. The molecule has 9 heteroatoms. The van der Waals surface area contributed by atoms with Crippen molar-refractivity contribution in [1.29, 1.82) is 0 Å². The second kappa shape index (κ2) is 9.46. The standard InChI is InChI=1S/C28H27ClN6O2/c1-17-25(19-8-9-22(29)21(13-19)16-36)27-32-23(28(2,3)37)14-24(35(27)33-17)31-15-18-6-5-7-20(12-18)26-30-10-11-34(26)4/h5-14,16,31,37H,15H2,1-4H3. The molecule has 2 aromatic carbocycles. The number of anilines is 1. The highest BCUT2D eigenvalue weighted by Crippen LogP contribution is 2.33. The smallest absolute Gasteiger partial charge is 0.165 e. The molecule has 0 aliphatic heterocycles. The average Bonchev–Trinajstić information content (AvgIpc) is 3.44. The Morgan fingerprint density at radius 1 is 1.14 bits per heavy atom. The zero-order valence-electron chi connectivity index (χ0n) is 21.0. The van der Waals surface area contributed by atoms with Crippen LogP contribution in [0.5, 0.6) is 0 Å². The van der Waals surface area contributed by atoms with Gasteiger partial charge in [-0.1, -0.05) is 35.9 Å². The fourth-order valence-corrected chi connectivity index (χ4v) is 4.51. The molecule has 0 unspecified atom stereocenters. The molecule has 8 nitrogen and oxygen atoms in total. The molecule has 0 radical (unpaired) electrons. The molecule has 0 spiro atoms. The summed E-state index contributed by atoms with van der Waals surface area (Å²) in [5, 5.41) is 19.4. The van der Waals surface area contributed by atoms with Gasteiger partial charge in [-0.05, 0) is 50.1 Å². The fraction of sp³-hybridized carbons (Fsp3) is 0.214. The van der Waals surface area contributed by atoms with Crippen LogP contribution in [0.25, 0.3) is 28.2 Å². The van der Waals surface area contributed by atoms with Crippen LogP contribution in [0.3, 0.4) is 0 Å². The Morgan fingerprint density at radius 3 is 2.65 bits per heavy atom. The van der Waals surface area contributed by atoms with Gasteiger partial charge in [0.05, 0.1) is 16.4 Å². The van der Waals surface area contributed by atoms with Gasteiger partial charge in [-0.15, -0.1) is 0 Å². The molecule has 0 atom stereocenters. The zero-order valence-corrected chi connectivity index (χ0v) is 21.8. The first-order valence-corrected chi connectivity index (χ1v) is 12.2. The van der Waals surface area contributed by atoms with Crippen molar-refractivity contribution in [3.63, 3.8) is 0 Å². The molecule has 3 aromatic heterocycles. The Morgan fingerprint density at radius 2 is 1.95 bits per heavy atom. The summed E-state index contributed by atoms with van der Waals surface area (Å²) in [5.41, 5.74) is 4.64. The van der Waals surface area contributed by atoms with Gasteiger partial charge in [-0.3, -0.25) is 4.79 Å². The first kappa shape index (κ1) is 24.7. The lowest BCUT2D eigenvalue weighted by atomic mass is 10.0. The highest BCUT2D eigenvalue weighted by molar-refractivity contribution is 6.33. The minimum Gasteiger partial charge on any atom is -0.384 e. The number of rotatable bonds is 7. The van der Waals surface area contributed by atoms with Crippen LogP contribution in [-0.4, -0.2) is 35.5 Å². The second-order valence-electron chi connectivity index (χ2n) is 9.55. The highest BCUT2D eigenvalue weighted by atomic mass is 35.5. The molecule has 188 valence electrons. The number of carbonyl (C=O) groups is 1. The van der Waals surface area contributed by atoms with Gasteiger partial charge in [-0.25, -0.2) is 9.97 Å². The summed E-state index contributed by atoms with van der Waals surface area (Å²) in [6.45, 7) is 5.81. The number of nitrogens with one attached hydrogen (secondary N) is 1. The number of hydrogen-bond acceptors (Lipinski definition) is 6. The van der Waals surface area contributed by atoms with E-state index in [2.05, 4.69) is 16.4 Å². The van der Waals surface area contributed by atoms with Crippen LogP contribution in [0.1, 0.15) is 41.2 Å².